The van der Waals surface area contributed by atoms with Crippen molar-refractivity contribution >= 4 is 11.7 Å². The predicted octanol–water partition coefficient (Wildman–Crippen LogP) is 0.695. The molecular formula is C13H14N4O4. The van der Waals surface area contributed by atoms with E-state index in [-0.39, 0.29) is 17.4 Å². The van der Waals surface area contributed by atoms with Gasteiger partial charge in [-0.3, -0.25) is 4.79 Å². The van der Waals surface area contributed by atoms with Crippen molar-refractivity contribution in [3.05, 3.63) is 29.5 Å². The number of hydrogen-bond acceptors (Lipinski definition) is 7. The van der Waals surface area contributed by atoms with E-state index in [1.807, 2.05) is 18.2 Å². The maximum atomic E-state index is 12.1. The number of rotatable bonds is 3. The van der Waals surface area contributed by atoms with Crippen LogP contribution in [0.25, 0.3) is 0 Å². The fraction of sp³-hybridized carbons (Fsp3) is 0.308. The van der Waals surface area contributed by atoms with Crippen LogP contribution in [0.5, 0.6) is 11.5 Å². The standard InChI is InChI=1S/C13H14N4O4/c1-17(13(18)11-12(14)16-21-15-11)7-8-2-3-9-10(6-8)20-5-4-19-9/h2-3,6H,4-5,7H2,1H3,(H2,14,16). The normalized spacial score (nSPS) is 13.0. The zero-order valence-electron chi connectivity index (χ0n) is 11.4. The first kappa shape index (κ1) is 13.2. The third-order valence-electron chi connectivity index (χ3n) is 3.09. The number of nitrogen functional groups attached to an aromatic ring is 1. The molecule has 8 heteroatoms. The molecule has 1 aromatic heterocycles. The fourth-order valence-electron chi connectivity index (χ4n) is 2.06. The van der Waals surface area contributed by atoms with E-state index in [0.717, 1.165) is 5.56 Å². The Balaban J connectivity index is 1.74. The average molecular weight is 290 g/mol. The van der Waals surface area contributed by atoms with E-state index in [2.05, 4.69) is 14.9 Å². The first-order chi connectivity index (χ1) is 10.1. The Morgan fingerprint density at radius 1 is 1.29 bits per heavy atom. The monoisotopic (exact) mass is 290 g/mol. The molecule has 0 aliphatic carbocycles. The molecule has 110 valence electrons. The summed E-state index contributed by atoms with van der Waals surface area (Å²) in [4.78, 5) is 13.6. The predicted molar refractivity (Wildman–Crippen MR) is 71.9 cm³/mol. The zero-order valence-corrected chi connectivity index (χ0v) is 11.4. The molecular weight excluding hydrogens is 276 g/mol. The Kier molecular flexibility index (Phi) is 3.35. The van der Waals surface area contributed by atoms with Gasteiger partial charge in [0.2, 0.25) is 11.5 Å². The van der Waals surface area contributed by atoms with Crippen molar-refractivity contribution in [2.45, 2.75) is 6.54 Å². The fourth-order valence-corrected chi connectivity index (χ4v) is 2.06. The van der Waals surface area contributed by atoms with Crippen molar-refractivity contribution in [2.24, 2.45) is 0 Å². The molecule has 8 nitrogen and oxygen atoms in total. The Morgan fingerprint density at radius 2 is 2.05 bits per heavy atom. The van der Waals surface area contributed by atoms with Crippen LogP contribution in [0.1, 0.15) is 16.1 Å². The van der Waals surface area contributed by atoms with Crippen LogP contribution < -0.4 is 15.2 Å². The van der Waals surface area contributed by atoms with Gasteiger partial charge < -0.3 is 20.1 Å². The molecule has 0 radical (unpaired) electrons. The van der Waals surface area contributed by atoms with Gasteiger partial charge in [-0.2, -0.15) is 0 Å². The summed E-state index contributed by atoms with van der Waals surface area (Å²) < 4.78 is 15.4. The van der Waals surface area contributed by atoms with Crippen molar-refractivity contribution in [2.75, 3.05) is 26.0 Å². The van der Waals surface area contributed by atoms with E-state index < -0.39 is 0 Å². The third kappa shape index (κ3) is 2.60. The van der Waals surface area contributed by atoms with Crippen molar-refractivity contribution < 1.29 is 18.9 Å². The van der Waals surface area contributed by atoms with Crippen LogP contribution >= 0.6 is 0 Å². The number of ether oxygens (including phenoxy) is 2. The number of fused-ring (bicyclic) bond motifs is 1. The number of benzene rings is 1. The van der Waals surface area contributed by atoms with Crippen LogP contribution in [0.3, 0.4) is 0 Å². The van der Waals surface area contributed by atoms with E-state index in [0.29, 0.717) is 31.3 Å². The second-order valence-corrected chi connectivity index (χ2v) is 4.64. The van der Waals surface area contributed by atoms with Gasteiger partial charge in [0.15, 0.2) is 11.5 Å². The van der Waals surface area contributed by atoms with Crippen molar-refractivity contribution in [1.82, 2.24) is 15.2 Å². The number of carbonyl (C=O) groups excluding carboxylic acids is 1. The van der Waals surface area contributed by atoms with E-state index in [1.54, 1.807) is 7.05 Å². The number of carbonyl (C=O) groups is 1. The molecule has 0 atom stereocenters. The molecule has 0 saturated heterocycles. The molecule has 2 N–H and O–H groups in total. The van der Waals surface area contributed by atoms with Gasteiger partial charge in [0.05, 0.1) is 0 Å². The van der Waals surface area contributed by atoms with Crippen LogP contribution in [0.2, 0.25) is 0 Å². The van der Waals surface area contributed by atoms with Gasteiger partial charge in [-0.1, -0.05) is 6.07 Å². The second kappa shape index (κ2) is 5.31. The van der Waals surface area contributed by atoms with Crippen molar-refractivity contribution in [3.8, 4) is 11.5 Å². The van der Waals surface area contributed by atoms with Crippen molar-refractivity contribution in [3.63, 3.8) is 0 Å². The molecule has 3 rings (SSSR count). The Morgan fingerprint density at radius 3 is 2.76 bits per heavy atom. The van der Waals surface area contributed by atoms with E-state index >= 15 is 0 Å². The van der Waals surface area contributed by atoms with Gasteiger partial charge in [-0.25, -0.2) is 4.63 Å². The minimum atomic E-state index is -0.358. The highest BCUT2D eigenvalue weighted by atomic mass is 16.6. The summed E-state index contributed by atoms with van der Waals surface area (Å²) in [5.74, 6) is 1.02. The summed E-state index contributed by atoms with van der Waals surface area (Å²) in [5, 5.41) is 6.89. The summed E-state index contributed by atoms with van der Waals surface area (Å²) >= 11 is 0. The third-order valence-corrected chi connectivity index (χ3v) is 3.09. The van der Waals surface area contributed by atoms with E-state index in [4.69, 9.17) is 15.2 Å². The van der Waals surface area contributed by atoms with Crippen LogP contribution in [0, 0.1) is 0 Å². The Hall–Kier alpha value is -2.77. The lowest BCUT2D eigenvalue weighted by Crippen LogP contribution is -2.27. The maximum absolute atomic E-state index is 12.1. The van der Waals surface area contributed by atoms with Crippen LogP contribution in [-0.4, -0.2) is 41.4 Å². The Bertz CT molecular complexity index is 670. The molecule has 0 saturated carbocycles. The number of hydrogen-bond donors (Lipinski definition) is 1. The largest absolute Gasteiger partial charge is 0.486 e. The first-order valence-electron chi connectivity index (χ1n) is 6.37. The smallest absolute Gasteiger partial charge is 0.280 e. The first-order valence-corrected chi connectivity index (χ1v) is 6.37. The lowest BCUT2D eigenvalue weighted by atomic mass is 10.2. The number of nitrogens with zero attached hydrogens (tertiary/aromatic N) is 3. The van der Waals surface area contributed by atoms with Gasteiger partial charge in [0.25, 0.3) is 5.91 Å². The quantitative estimate of drug-likeness (QED) is 0.887. The molecule has 0 unspecified atom stereocenters. The van der Waals surface area contributed by atoms with Crippen LogP contribution in [0.4, 0.5) is 5.82 Å². The summed E-state index contributed by atoms with van der Waals surface area (Å²) in [7, 11) is 1.65. The minimum Gasteiger partial charge on any atom is -0.486 e. The second-order valence-electron chi connectivity index (χ2n) is 4.64. The highest BCUT2D eigenvalue weighted by Gasteiger charge is 2.21. The lowest BCUT2D eigenvalue weighted by Gasteiger charge is -2.20. The van der Waals surface area contributed by atoms with E-state index in [9.17, 15) is 4.79 Å². The van der Waals surface area contributed by atoms with Gasteiger partial charge >= 0.3 is 0 Å². The summed E-state index contributed by atoms with van der Waals surface area (Å²) in [6.07, 6.45) is 0. The lowest BCUT2D eigenvalue weighted by molar-refractivity contribution is 0.0774. The number of anilines is 1. The van der Waals surface area contributed by atoms with Crippen LogP contribution in [0.15, 0.2) is 22.8 Å². The molecule has 0 fully saturated rings. The van der Waals surface area contributed by atoms with E-state index in [1.165, 1.54) is 4.90 Å². The molecule has 1 aliphatic rings. The summed E-state index contributed by atoms with van der Waals surface area (Å²) in [6, 6.07) is 5.55. The number of aromatic nitrogens is 2. The van der Waals surface area contributed by atoms with Gasteiger partial charge in [-0.15, -0.1) is 0 Å². The van der Waals surface area contributed by atoms with Gasteiger partial charge in [-0.05, 0) is 28.0 Å². The highest BCUT2D eigenvalue weighted by molar-refractivity contribution is 5.95. The summed E-state index contributed by atoms with van der Waals surface area (Å²) in [5.41, 5.74) is 6.43. The molecule has 0 bridgehead atoms. The van der Waals surface area contributed by atoms with Gasteiger partial charge in [0.1, 0.15) is 13.2 Å². The molecule has 2 heterocycles. The van der Waals surface area contributed by atoms with Gasteiger partial charge in [0, 0.05) is 13.6 Å². The maximum Gasteiger partial charge on any atom is 0.280 e. The van der Waals surface area contributed by atoms with Crippen molar-refractivity contribution in [1.29, 1.82) is 0 Å². The van der Waals surface area contributed by atoms with Crippen LogP contribution in [-0.2, 0) is 6.54 Å². The highest BCUT2D eigenvalue weighted by Crippen LogP contribution is 2.31. The SMILES string of the molecule is CN(Cc1ccc2c(c1)OCCO2)C(=O)c1nonc1N. The number of amides is 1. The topological polar surface area (TPSA) is 104 Å². The summed E-state index contributed by atoms with van der Waals surface area (Å²) in [6.45, 7) is 1.44. The molecule has 1 aliphatic heterocycles. The number of nitrogens with two attached hydrogens (primary N) is 1. The molecule has 0 spiro atoms. The average Bonchev–Trinajstić information content (AvgIpc) is 2.92. The zero-order chi connectivity index (χ0) is 14.8. The Labute approximate surface area is 120 Å². The molecule has 1 aromatic carbocycles. The molecule has 21 heavy (non-hydrogen) atoms. The molecule has 1 amide bonds. The minimum absolute atomic E-state index is 0.00930. The molecule has 2 aromatic rings.